The average Bonchev–Trinajstić information content (AvgIpc) is 3.49. The molecule has 36 heavy (non-hydrogen) atoms. The number of halogens is 1. The van der Waals surface area contributed by atoms with Gasteiger partial charge in [-0.2, -0.15) is 5.10 Å². The number of anilines is 2. The van der Waals surface area contributed by atoms with Crippen molar-refractivity contribution in [1.82, 2.24) is 20.2 Å². The highest BCUT2D eigenvalue weighted by Crippen LogP contribution is 2.33. The molecular formula is C24H19ClN6O3S2. The number of nitrogens with zero attached hydrogens (tertiary/aromatic N) is 3. The van der Waals surface area contributed by atoms with Gasteiger partial charge in [0, 0.05) is 22.5 Å². The van der Waals surface area contributed by atoms with E-state index in [0.29, 0.717) is 39.0 Å². The molecule has 0 bridgehead atoms. The van der Waals surface area contributed by atoms with Crippen molar-refractivity contribution in [3.05, 3.63) is 81.7 Å². The van der Waals surface area contributed by atoms with Crippen LogP contribution in [0, 0.1) is 13.8 Å². The number of nitrogens with one attached hydrogen (secondary N) is 3. The zero-order chi connectivity index (χ0) is 25.4. The first-order valence-electron chi connectivity index (χ1n) is 10.7. The van der Waals surface area contributed by atoms with Crippen molar-refractivity contribution in [1.29, 1.82) is 0 Å². The zero-order valence-electron chi connectivity index (χ0n) is 19.0. The number of aromatic nitrogens is 4. The number of fused-ring (bicyclic) bond motifs is 1. The van der Waals surface area contributed by atoms with Gasteiger partial charge in [-0.3, -0.25) is 14.6 Å². The minimum atomic E-state index is -3.90. The Morgan fingerprint density at radius 3 is 2.58 bits per heavy atom. The Labute approximate surface area is 215 Å². The summed E-state index contributed by atoms with van der Waals surface area (Å²) in [5.74, 6) is -0.347. The van der Waals surface area contributed by atoms with E-state index in [1.807, 2.05) is 13.0 Å². The fourth-order valence-corrected chi connectivity index (χ4v) is 5.81. The Balaban J connectivity index is 1.52. The van der Waals surface area contributed by atoms with Gasteiger partial charge in [-0.15, -0.1) is 11.3 Å². The van der Waals surface area contributed by atoms with Crippen LogP contribution in [0.2, 0.25) is 5.15 Å². The summed E-state index contributed by atoms with van der Waals surface area (Å²) < 4.78 is 28.6. The van der Waals surface area contributed by atoms with Crippen molar-refractivity contribution in [2.75, 3.05) is 10.0 Å². The van der Waals surface area contributed by atoms with Crippen LogP contribution in [0.25, 0.3) is 22.0 Å². The molecular weight excluding hydrogens is 520 g/mol. The third-order valence-electron chi connectivity index (χ3n) is 5.46. The van der Waals surface area contributed by atoms with Crippen molar-refractivity contribution in [2.45, 2.75) is 18.7 Å². The molecule has 5 rings (SSSR count). The van der Waals surface area contributed by atoms with Crippen molar-refractivity contribution in [2.24, 2.45) is 0 Å². The number of pyridine rings is 1. The summed E-state index contributed by atoms with van der Waals surface area (Å²) in [5, 5.41) is 13.1. The first-order chi connectivity index (χ1) is 17.2. The molecule has 3 aromatic heterocycles. The highest BCUT2D eigenvalue weighted by atomic mass is 35.5. The number of aromatic amines is 1. The van der Waals surface area contributed by atoms with Crippen LogP contribution >= 0.6 is 22.9 Å². The van der Waals surface area contributed by atoms with Gasteiger partial charge in [-0.25, -0.2) is 18.4 Å². The molecule has 12 heteroatoms. The van der Waals surface area contributed by atoms with Gasteiger partial charge in [0.1, 0.15) is 5.69 Å². The molecule has 0 aliphatic heterocycles. The normalized spacial score (nSPS) is 11.5. The topological polar surface area (TPSA) is 130 Å². The second-order valence-corrected chi connectivity index (χ2v) is 11.1. The lowest BCUT2D eigenvalue weighted by molar-refractivity contribution is 0.102. The van der Waals surface area contributed by atoms with E-state index < -0.39 is 10.0 Å². The molecule has 0 saturated heterocycles. The van der Waals surface area contributed by atoms with E-state index >= 15 is 0 Å². The third kappa shape index (κ3) is 4.68. The SMILES string of the molecule is Cc1nc(C(=O)Nc2cc(-c3cnc(Cl)c(NS(=O)(=O)c4ccccc4C)c3)cc3[nH]ncc23)cs1. The van der Waals surface area contributed by atoms with Crippen LogP contribution in [0.4, 0.5) is 11.4 Å². The minimum Gasteiger partial charge on any atom is -0.320 e. The first-order valence-corrected chi connectivity index (χ1v) is 13.4. The minimum absolute atomic E-state index is 0.00551. The summed E-state index contributed by atoms with van der Waals surface area (Å²) >= 11 is 7.64. The number of rotatable bonds is 6. The van der Waals surface area contributed by atoms with Gasteiger partial charge in [-0.05, 0) is 49.2 Å². The number of amides is 1. The van der Waals surface area contributed by atoms with Crippen LogP contribution in [0.5, 0.6) is 0 Å². The predicted octanol–water partition coefficient (Wildman–Crippen LogP) is 5.40. The number of hydrogen-bond acceptors (Lipinski definition) is 7. The first kappa shape index (κ1) is 23.9. The van der Waals surface area contributed by atoms with Crippen molar-refractivity contribution in [3.8, 4) is 11.1 Å². The van der Waals surface area contributed by atoms with Gasteiger partial charge in [-0.1, -0.05) is 29.8 Å². The third-order valence-corrected chi connectivity index (χ3v) is 8.06. The van der Waals surface area contributed by atoms with E-state index in [9.17, 15) is 13.2 Å². The zero-order valence-corrected chi connectivity index (χ0v) is 21.4. The fraction of sp³-hybridized carbons (Fsp3) is 0.0833. The Kier molecular flexibility index (Phi) is 6.20. The molecule has 5 aromatic rings. The maximum Gasteiger partial charge on any atom is 0.275 e. The number of carbonyl (C=O) groups is 1. The molecule has 0 atom stereocenters. The fourth-order valence-electron chi connectivity index (χ4n) is 3.71. The standard InChI is InChI=1S/C24H19ClN6O3S2/c1-13-5-3-4-6-22(13)36(33,34)31-20-9-16(10-26-23(20)25)15-7-18(17-11-27-30-19(17)8-15)29-24(32)21-12-35-14(2)28-21/h3-12,31H,1-2H3,(H,27,30)(H,29,32). The van der Waals surface area contributed by atoms with Gasteiger partial charge in [0.15, 0.2) is 5.15 Å². The second-order valence-electron chi connectivity index (χ2n) is 7.99. The molecule has 1 amide bonds. The Hall–Kier alpha value is -3.80. The van der Waals surface area contributed by atoms with Gasteiger partial charge < -0.3 is 5.32 Å². The average molecular weight is 539 g/mol. The molecule has 0 fully saturated rings. The van der Waals surface area contributed by atoms with Crippen LogP contribution in [-0.2, 0) is 10.0 Å². The summed E-state index contributed by atoms with van der Waals surface area (Å²) in [6.07, 6.45) is 3.14. The van der Waals surface area contributed by atoms with E-state index in [1.165, 1.54) is 23.6 Å². The lowest BCUT2D eigenvalue weighted by atomic mass is 10.0. The molecule has 2 aromatic carbocycles. The largest absolute Gasteiger partial charge is 0.320 e. The molecule has 9 nitrogen and oxygen atoms in total. The van der Waals surface area contributed by atoms with E-state index in [4.69, 9.17) is 11.6 Å². The highest BCUT2D eigenvalue weighted by molar-refractivity contribution is 7.92. The predicted molar refractivity (Wildman–Crippen MR) is 141 cm³/mol. The molecule has 0 radical (unpaired) electrons. The van der Waals surface area contributed by atoms with Crippen molar-refractivity contribution >= 4 is 61.1 Å². The number of hydrogen-bond donors (Lipinski definition) is 3. The van der Waals surface area contributed by atoms with Crippen molar-refractivity contribution < 1.29 is 13.2 Å². The molecule has 0 saturated carbocycles. The monoisotopic (exact) mass is 538 g/mol. The van der Waals surface area contributed by atoms with Crippen LogP contribution in [0.15, 0.2) is 65.1 Å². The quantitative estimate of drug-likeness (QED) is 0.248. The molecule has 3 N–H and O–H groups in total. The number of benzene rings is 2. The Morgan fingerprint density at radius 2 is 1.83 bits per heavy atom. The molecule has 0 aliphatic carbocycles. The van der Waals surface area contributed by atoms with Crippen LogP contribution in [-0.4, -0.2) is 34.5 Å². The lowest BCUT2D eigenvalue weighted by Gasteiger charge is -2.13. The number of aryl methyl sites for hydroxylation is 2. The van der Waals surface area contributed by atoms with E-state index in [2.05, 4.69) is 30.2 Å². The maximum atomic E-state index is 13.0. The van der Waals surface area contributed by atoms with Crippen molar-refractivity contribution in [3.63, 3.8) is 0 Å². The van der Waals surface area contributed by atoms with Gasteiger partial charge in [0.2, 0.25) is 0 Å². The number of H-pyrrole nitrogens is 1. The second kappa shape index (κ2) is 9.34. The summed E-state index contributed by atoms with van der Waals surface area (Å²) in [6, 6.07) is 11.8. The Bertz CT molecular complexity index is 1730. The summed E-state index contributed by atoms with van der Waals surface area (Å²) in [4.78, 5) is 21.3. The number of thiazole rings is 1. The van der Waals surface area contributed by atoms with E-state index in [0.717, 1.165) is 5.01 Å². The molecule has 0 unspecified atom stereocenters. The molecule has 0 aliphatic rings. The Morgan fingerprint density at radius 1 is 1.06 bits per heavy atom. The van der Waals surface area contributed by atoms with E-state index in [1.54, 1.807) is 48.8 Å². The summed E-state index contributed by atoms with van der Waals surface area (Å²) in [5.41, 5.74) is 3.49. The number of sulfonamides is 1. The maximum absolute atomic E-state index is 13.0. The summed E-state index contributed by atoms with van der Waals surface area (Å²) in [6.45, 7) is 3.54. The molecule has 0 spiro atoms. The van der Waals surface area contributed by atoms with Gasteiger partial charge >= 0.3 is 0 Å². The lowest BCUT2D eigenvalue weighted by Crippen LogP contribution is -2.15. The van der Waals surface area contributed by atoms with Gasteiger partial charge in [0.25, 0.3) is 15.9 Å². The van der Waals surface area contributed by atoms with Crippen LogP contribution in [0.3, 0.4) is 0 Å². The molecule has 3 heterocycles. The summed E-state index contributed by atoms with van der Waals surface area (Å²) in [7, 11) is -3.90. The highest BCUT2D eigenvalue weighted by Gasteiger charge is 2.20. The smallest absolute Gasteiger partial charge is 0.275 e. The number of carbonyl (C=O) groups excluding carboxylic acids is 1. The van der Waals surface area contributed by atoms with E-state index in [-0.39, 0.29) is 21.6 Å². The molecule has 182 valence electrons. The van der Waals surface area contributed by atoms with Crippen LogP contribution < -0.4 is 10.0 Å². The van der Waals surface area contributed by atoms with Gasteiger partial charge in [0.05, 0.1) is 33.0 Å². The van der Waals surface area contributed by atoms with Crippen LogP contribution in [0.1, 0.15) is 21.1 Å².